The maximum absolute atomic E-state index is 14.3. The molecule has 5 heteroatoms. The van der Waals surface area contributed by atoms with Gasteiger partial charge in [-0.05, 0) is 49.6 Å². The maximum atomic E-state index is 14.3. The van der Waals surface area contributed by atoms with Gasteiger partial charge in [0.1, 0.15) is 17.5 Å². The molecule has 2 heterocycles. The summed E-state index contributed by atoms with van der Waals surface area (Å²) in [5, 5.41) is 0. The molecule has 0 saturated carbocycles. The van der Waals surface area contributed by atoms with Crippen LogP contribution in [0.2, 0.25) is 0 Å². The zero-order valence-electron chi connectivity index (χ0n) is 17.1. The lowest BCUT2D eigenvalue weighted by Gasteiger charge is -2.16. The Balaban J connectivity index is 2.18. The van der Waals surface area contributed by atoms with E-state index in [0.29, 0.717) is 17.0 Å². The average Bonchev–Trinajstić information content (AvgIpc) is 3.27. The van der Waals surface area contributed by atoms with Gasteiger partial charge in [-0.1, -0.05) is 43.0 Å². The molecular weight excluding hydrogens is 380 g/mol. The van der Waals surface area contributed by atoms with Gasteiger partial charge in [0, 0.05) is 36.5 Å². The van der Waals surface area contributed by atoms with E-state index in [-0.39, 0.29) is 0 Å². The molecule has 154 valence electrons. The van der Waals surface area contributed by atoms with Crippen molar-refractivity contribution >= 4 is 11.4 Å². The lowest BCUT2D eigenvalue weighted by atomic mass is 10.1. The lowest BCUT2D eigenvalue weighted by molar-refractivity contribution is 0.585. The highest BCUT2D eigenvalue weighted by atomic mass is 19.1. The van der Waals surface area contributed by atoms with Gasteiger partial charge >= 0.3 is 0 Å². The summed E-state index contributed by atoms with van der Waals surface area (Å²) in [4.78, 5) is 11.5. The minimum absolute atomic E-state index is 0.322. The molecule has 1 fully saturated rings. The fourth-order valence-corrected chi connectivity index (χ4v) is 3.25. The highest BCUT2D eigenvalue weighted by Crippen LogP contribution is 2.24. The lowest BCUT2D eigenvalue weighted by Crippen LogP contribution is -2.18. The van der Waals surface area contributed by atoms with Crippen molar-refractivity contribution in [2.45, 2.75) is 19.8 Å². The molecule has 0 radical (unpaired) electrons. The number of halogens is 2. The summed E-state index contributed by atoms with van der Waals surface area (Å²) in [6.45, 7) is 7.63. The molecule has 0 unspecified atom stereocenters. The van der Waals surface area contributed by atoms with Gasteiger partial charge in [-0.15, -0.1) is 0 Å². The first-order valence-corrected chi connectivity index (χ1v) is 10.00. The van der Waals surface area contributed by atoms with Crippen molar-refractivity contribution in [1.29, 1.82) is 0 Å². The van der Waals surface area contributed by atoms with Crippen molar-refractivity contribution in [3.63, 3.8) is 0 Å². The molecule has 2 aromatic rings. The van der Waals surface area contributed by atoms with Crippen LogP contribution in [0.25, 0.3) is 16.7 Å². The van der Waals surface area contributed by atoms with Gasteiger partial charge in [-0.3, -0.25) is 0 Å². The third kappa shape index (κ3) is 5.38. The van der Waals surface area contributed by atoms with Gasteiger partial charge in [0.25, 0.3) is 0 Å². The van der Waals surface area contributed by atoms with Crippen LogP contribution in [-0.2, 0) is 0 Å². The predicted octanol–water partition coefficient (Wildman–Crippen LogP) is 6.29. The van der Waals surface area contributed by atoms with Crippen molar-refractivity contribution in [2.24, 2.45) is 0 Å². The van der Waals surface area contributed by atoms with Gasteiger partial charge in [-0.25, -0.2) is 18.7 Å². The first kappa shape index (κ1) is 21.4. The van der Waals surface area contributed by atoms with Gasteiger partial charge in [0.2, 0.25) is 0 Å². The third-order valence-corrected chi connectivity index (χ3v) is 4.81. The van der Waals surface area contributed by atoms with Crippen LogP contribution in [0.15, 0.2) is 79.5 Å². The molecule has 3 rings (SSSR count). The molecule has 1 aliphatic heterocycles. The topological polar surface area (TPSA) is 29.0 Å². The number of nitrogens with zero attached hydrogens (tertiary/aromatic N) is 3. The van der Waals surface area contributed by atoms with Crippen molar-refractivity contribution < 1.29 is 8.78 Å². The van der Waals surface area contributed by atoms with E-state index in [4.69, 9.17) is 4.98 Å². The number of benzene rings is 1. The molecule has 0 bridgehead atoms. The van der Waals surface area contributed by atoms with Crippen molar-refractivity contribution in [3.05, 3.63) is 97.0 Å². The van der Waals surface area contributed by atoms with Gasteiger partial charge in [-0.2, -0.15) is 0 Å². The van der Waals surface area contributed by atoms with Crippen LogP contribution in [0.5, 0.6) is 0 Å². The number of rotatable bonds is 5. The number of aromatic nitrogens is 2. The Morgan fingerprint density at radius 1 is 1.10 bits per heavy atom. The molecule has 0 atom stereocenters. The van der Waals surface area contributed by atoms with E-state index < -0.39 is 11.6 Å². The Morgan fingerprint density at radius 2 is 1.90 bits per heavy atom. The minimum atomic E-state index is -0.608. The van der Waals surface area contributed by atoms with Gasteiger partial charge < -0.3 is 4.90 Å². The summed E-state index contributed by atoms with van der Waals surface area (Å²) in [7, 11) is 0. The molecule has 1 saturated heterocycles. The highest BCUT2D eigenvalue weighted by Gasteiger charge is 2.14. The second-order valence-electron chi connectivity index (χ2n) is 6.89. The van der Waals surface area contributed by atoms with E-state index in [0.717, 1.165) is 43.4 Å². The van der Waals surface area contributed by atoms with Crippen LogP contribution < -0.4 is 4.90 Å². The molecule has 30 heavy (non-hydrogen) atoms. The van der Waals surface area contributed by atoms with E-state index in [9.17, 15) is 8.78 Å². The Kier molecular flexibility index (Phi) is 7.44. The second kappa shape index (κ2) is 10.4. The standard InChI is InChI=1S/C25H25F2N3/c1-3-5-9-19(4-2)25-28-15-8-10-20(22-13-12-21(26)18-23(22)27)11-14-24(29-25)30-16-6-7-17-30/h3-5,8-15,18H,2,6-7,16-17H2,1H3/b5-3-,10-8?,14-11?,15-8?,19-9+,20-10?,20-11?,24-14?,28-15?,28-25?,29-24?,29-25?. The molecule has 1 aromatic carbocycles. The molecule has 0 N–H and O–H groups in total. The zero-order chi connectivity index (χ0) is 21.3. The Hall–Kier alpha value is -3.34. The zero-order valence-corrected chi connectivity index (χ0v) is 17.1. The highest BCUT2D eigenvalue weighted by molar-refractivity contribution is 5.71. The van der Waals surface area contributed by atoms with Gasteiger partial charge in [0.15, 0.2) is 5.82 Å². The smallest absolute Gasteiger partial charge is 0.161 e. The maximum Gasteiger partial charge on any atom is 0.161 e. The van der Waals surface area contributed by atoms with E-state index in [2.05, 4.69) is 16.5 Å². The second-order valence-corrected chi connectivity index (χ2v) is 6.89. The number of anilines is 1. The summed E-state index contributed by atoms with van der Waals surface area (Å²) >= 11 is 0. The van der Waals surface area contributed by atoms with Crippen molar-refractivity contribution in [3.8, 4) is 11.1 Å². The SMILES string of the molecule is C=C/C(=C\C=C/C)c1ncccc(-c2ccc(F)cc2F)ccc(N2CCCC2)n1. The van der Waals surface area contributed by atoms with E-state index in [1.807, 2.05) is 37.3 Å². The molecule has 1 aliphatic rings. The Bertz CT molecular complexity index is 1020. The number of hydrogen-bond acceptors (Lipinski definition) is 3. The van der Waals surface area contributed by atoms with Crippen LogP contribution in [0.1, 0.15) is 25.6 Å². The summed E-state index contributed by atoms with van der Waals surface area (Å²) in [5.41, 5.74) is 1.74. The predicted molar refractivity (Wildman–Crippen MR) is 119 cm³/mol. The number of allylic oxidation sites excluding steroid dienone is 5. The van der Waals surface area contributed by atoms with Crippen LogP contribution in [0.4, 0.5) is 14.6 Å². The van der Waals surface area contributed by atoms with Crippen LogP contribution in [-0.4, -0.2) is 23.1 Å². The first-order chi connectivity index (χ1) is 14.6. The monoisotopic (exact) mass is 405 g/mol. The van der Waals surface area contributed by atoms with E-state index >= 15 is 0 Å². The fraction of sp³-hybridized carbons (Fsp3) is 0.200. The third-order valence-electron chi connectivity index (χ3n) is 4.81. The van der Waals surface area contributed by atoms with Gasteiger partial charge in [0.05, 0.1) is 0 Å². The minimum Gasteiger partial charge on any atom is -0.357 e. The largest absolute Gasteiger partial charge is 0.357 e. The average molecular weight is 405 g/mol. The first-order valence-electron chi connectivity index (χ1n) is 10.00. The molecule has 3 nitrogen and oxygen atoms in total. The quantitative estimate of drug-likeness (QED) is 0.547. The van der Waals surface area contributed by atoms with E-state index in [1.54, 1.807) is 24.4 Å². The summed E-state index contributed by atoms with van der Waals surface area (Å²) in [5.74, 6) is 0.0945. The molecule has 0 aliphatic carbocycles. The molecule has 1 aromatic heterocycles. The molecule has 0 amide bonds. The summed E-state index contributed by atoms with van der Waals surface area (Å²) in [6, 6.07) is 10.7. The summed E-state index contributed by atoms with van der Waals surface area (Å²) < 4.78 is 27.7. The van der Waals surface area contributed by atoms with Crippen LogP contribution >= 0.6 is 0 Å². The summed E-state index contributed by atoms with van der Waals surface area (Å²) in [6.07, 6.45) is 11.3. The number of hydrogen-bond donors (Lipinski definition) is 0. The molecular formula is C25H25F2N3. The van der Waals surface area contributed by atoms with Crippen LogP contribution in [0.3, 0.4) is 0 Å². The Morgan fingerprint density at radius 3 is 2.60 bits per heavy atom. The molecule has 0 spiro atoms. The van der Waals surface area contributed by atoms with E-state index in [1.165, 1.54) is 12.1 Å². The Labute approximate surface area is 176 Å². The fourth-order valence-electron chi connectivity index (χ4n) is 3.25. The normalized spacial score (nSPS) is 14.1. The van der Waals surface area contributed by atoms with Crippen LogP contribution in [0, 0.1) is 11.6 Å². The van der Waals surface area contributed by atoms with Crippen molar-refractivity contribution in [2.75, 3.05) is 18.0 Å². The van der Waals surface area contributed by atoms with Crippen molar-refractivity contribution in [1.82, 2.24) is 9.97 Å².